The predicted octanol–water partition coefficient (Wildman–Crippen LogP) is 1.48. The number of allylic oxidation sites excluding steroid dienone is 1. The molecule has 1 aliphatic carbocycles. The summed E-state index contributed by atoms with van der Waals surface area (Å²) in [7, 11) is 1.24. The molecule has 1 aromatic carbocycles. The topological polar surface area (TPSA) is 72.5 Å². The van der Waals surface area contributed by atoms with Crippen molar-refractivity contribution in [1.82, 2.24) is 5.32 Å². The van der Waals surface area contributed by atoms with Crippen molar-refractivity contribution in [3.05, 3.63) is 42.0 Å². The smallest absolute Gasteiger partial charge is 0.315 e. The van der Waals surface area contributed by atoms with Gasteiger partial charge in [0.05, 0.1) is 13.2 Å². The Morgan fingerprint density at radius 3 is 2.67 bits per heavy atom. The second-order valence-electron chi connectivity index (χ2n) is 4.84. The molecular weight excluding hydrogens is 270 g/mol. The molecule has 0 saturated carbocycles. The molecule has 5 heteroatoms. The predicted molar refractivity (Wildman–Crippen MR) is 77.2 cm³/mol. The second-order valence-corrected chi connectivity index (χ2v) is 4.84. The van der Waals surface area contributed by atoms with E-state index in [0.717, 1.165) is 11.1 Å². The van der Waals surface area contributed by atoms with E-state index in [1.807, 2.05) is 30.3 Å². The summed E-state index contributed by atoms with van der Waals surface area (Å²) in [6.07, 6.45) is 2.18. The zero-order valence-electron chi connectivity index (χ0n) is 11.8. The van der Waals surface area contributed by atoms with Crippen LogP contribution < -0.4 is 5.32 Å². The fourth-order valence-electron chi connectivity index (χ4n) is 2.30. The molecule has 0 radical (unpaired) electrons. The molecule has 1 N–H and O–H groups in total. The van der Waals surface area contributed by atoms with Gasteiger partial charge in [-0.1, -0.05) is 30.3 Å². The van der Waals surface area contributed by atoms with Crippen LogP contribution in [0.1, 0.15) is 24.8 Å². The summed E-state index contributed by atoms with van der Waals surface area (Å²) in [5, 5.41) is 2.79. The minimum atomic E-state index is -0.579. The van der Waals surface area contributed by atoms with E-state index in [1.54, 1.807) is 6.08 Å². The Bertz CT molecular complexity index is 577. The lowest BCUT2D eigenvalue weighted by Gasteiger charge is -2.25. The summed E-state index contributed by atoms with van der Waals surface area (Å²) < 4.78 is 4.47. The Labute approximate surface area is 123 Å². The molecule has 110 valence electrons. The quantitative estimate of drug-likeness (QED) is 0.672. The van der Waals surface area contributed by atoms with Gasteiger partial charge < -0.3 is 10.1 Å². The van der Waals surface area contributed by atoms with E-state index in [2.05, 4.69) is 10.1 Å². The van der Waals surface area contributed by atoms with Crippen molar-refractivity contribution in [1.29, 1.82) is 0 Å². The molecule has 21 heavy (non-hydrogen) atoms. The highest BCUT2D eigenvalue weighted by Gasteiger charge is 2.24. The zero-order chi connectivity index (χ0) is 15.2. The Kier molecular flexibility index (Phi) is 4.87. The molecule has 1 aromatic rings. The van der Waals surface area contributed by atoms with Crippen molar-refractivity contribution < 1.29 is 19.1 Å². The molecule has 1 aliphatic rings. The first kappa shape index (κ1) is 15.0. The number of amides is 1. The highest BCUT2D eigenvalue weighted by molar-refractivity contribution is 6.01. The molecule has 1 unspecified atom stereocenters. The lowest BCUT2D eigenvalue weighted by Crippen LogP contribution is -2.38. The third kappa shape index (κ3) is 4.02. The number of carbonyl (C=O) groups excluding carboxylic acids is 3. The maximum absolute atomic E-state index is 11.8. The van der Waals surface area contributed by atoms with Gasteiger partial charge in [-0.25, -0.2) is 0 Å². The number of benzene rings is 1. The van der Waals surface area contributed by atoms with Gasteiger partial charge in [-0.15, -0.1) is 0 Å². The average Bonchev–Trinajstić information content (AvgIpc) is 2.49. The minimum absolute atomic E-state index is 0.0484. The molecule has 0 saturated heterocycles. The first-order valence-electron chi connectivity index (χ1n) is 6.76. The van der Waals surface area contributed by atoms with Gasteiger partial charge in [0.25, 0.3) is 0 Å². The fourth-order valence-corrected chi connectivity index (χ4v) is 2.30. The largest absolute Gasteiger partial charge is 0.469 e. The Morgan fingerprint density at radius 2 is 2.00 bits per heavy atom. The van der Waals surface area contributed by atoms with E-state index in [1.165, 1.54) is 7.11 Å². The van der Waals surface area contributed by atoms with Gasteiger partial charge in [-0.05, 0) is 23.6 Å². The first-order valence-corrected chi connectivity index (χ1v) is 6.76. The molecule has 5 nitrogen and oxygen atoms in total. The number of methoxy groups -OCH3 is 1. The standard InChI is InChI=1S/C16H17NO4/c1-21-16(20)10-15(19)17-14-8-7-12(18)9-13(14)11-5-3-2-4-6-11/h2-6,9,14H,7-8,10H2,1H3,(H,17,19). The zero-order valence-corrected chi connectivity index (χ0v) is 11.8. The number of esters is 1. The van der Waals surface area contributed by atoms with E-state index < -0.39 is 11.9 Å². The van der Waals surface area contributed by atoms with Crippen LogP contribution in [0.25, 0.3) is 5.57 Å². The second kappa shape index (κ2) is 6.83. The van der Waals surface area contributed by atoms with Gasteiger partial charge in [0, 0.05) is 6.42 Å². The van der Waals surface area contributed by atoms with Crippen molar-refractivity contribution in [2.75, 3.05) is 7.11 Å². The highest BCUT2D eigenvalue weighted by Crippen LogP contribution is 2.25. The summed E-state index contributed by atoms with van der Waals surface area (Å²) in [4.78, 5) is 34.6. The molecule has 0 heterocycles. The number of ether oxygens (including phenoxy) is 1. The third-order valence-corrected chi connectivity index (χ3v) is 3.35. The summed E-state index contributed by atoms with van der Waals surface area (Å²) in [6.45, 7) is 0. The lowest BCUT2D eigenvalue weighted by molar-refractivity contribution is -0.144. The molecule has 0 aromatic heterocycles. The van der Waals surface area contributed by atoms with E-state index in [0.29, 0.717) is 12.8 Å². The van der Waals surface area contributed by atoms with E-state index in [9.17, 15) is 14.4 Å². The normalized spacial score (nSPS) is 17.9. The van der Waals surface area contributed by atoms with E-state index in [4.69, 9.17) is 0 Å². The van der Waals surface area contributed by atoms with Gasteiger partial charge in [0.1, 0.15) is 6.42 Å². The molecule has 0 aliphatic heterocycles. The summed E-state index contributed by atoms with van der Waals surface area (Å²) in [6, 6.07) is 9.17. The number of hydrogen-bond acceptors (Lipinski definition) is 4. The average molecular weight is 287 g/mol. The van der Waals surface area contributed by atoms with Crippen LogP contribution >= 0.6 is 0 Å². The van der Waals surface area contributed by atoms with Gasteiger partial charge >= 0.3 is 5.97 Å². The van der Waals surface area contributed by atoms with Gasteiger partial charge in [0.2, 0.25) is 5.91 Å². The van der Waals surface area contributed by atoms with Crippen molar-refractivity contribution in [3.8, 4) is 0 Å². The fraction of sp³-hybridized carbons (Fsp3) is 0.312. The molecule has 0 fully saturated rings. The van der Waals surface area contributed by atoms with Gasteiger partial charge in [0.15, 0.2) is 5.78 Å². The van der Waals surface area contributed by atoms with Crippen molar-refractivity contribution in [3.63, 3.8) is 0 Å². The maximum atomic E-state index is 11.8. The third-order valence-electron chi connectivity index (χ3n) is 3.35. The molecule has 1 atom stereocenters. The number of rotatable bonds is 4. The van der Waals surface area contributed by atoms with Gasteiger partial charge in [-0.2, -0.15) is 0 Å². The van der Waals surface area contributed by atoms with Crippen LogP contribution in [0.5, 0.6) is 0 Å². The van der Waals surface area contributed by atoms with Crippen LogP contribution in [-0.2, 0) is 19.1 Å². The van der Waals surface area contributed by atoms with Crippen LogP contribution in [0.15, 0.2) is 36.4 Å². The van der Waals surface area contributed by atoms with E-state index >= 15 is 0 Å². The summed E-state index contributed by atoms with van der Waals surface area (Å²) >= 11 is 0. The Hall–Kier alpha value is -2.43. The minimum Gasteiger partial charge on any atom is -0.469 e. The molecule has 0 spiro atoms. The van der Waals surface area contributed by atoms with Crippen molar-refractivity contribution >= 4 is 23.2 Å². The highest BCUT2D eigenvalue weighted by atomic mass is 16.5. The van der Waals surface area contributed by atoms with Crippen molar-refractivity contribution in [2.24, 2.45) is 0 Å². The lowest BCUT2D eigenvalue weighted by atomic mass is 9.88. The van der Waals surface area contributed by atoms with E-state index in [-0.39, 0.29) is 18.2 Å². The maximum Gasteiger partial charge on any atom is 0.315 e. The van der Waals surface area contributed by atoms with Crippen LogP contribution in [0.3, 0.4) is 0 Å². The number of nitrogens with one attached hydrogen (secondary N) is 1. The number of ketones is 1. The van der Waals surface area contributed by atoms with Crippen LogP contribution in [0.2, 0.25) is 0 Å². The Morgan fingerprint density at radius 1 is 1.29 bits per heavy atom. The van der Waals surface area contributed by atoms with Crippen LogP contribution in [0.4, 0.5) is 0 Å². The van der Waals surface area contributed by atoms with Gasteiger partial charge in [-0.3, -0.25) is 14.4 Å². The van der Waals surface area contributed by atoms with Crippen molar-refractivity contribution in [2.45, 2.75) is 25.3 Å². The molecule has 1 amide bonds. The van der Waals surface area contributed by atoms with Crippen LogP contribution in [0, 0.1) is 0 Å². The molecule has 0 bridgehead atoms. The summed E-state index contributed by atoms with van der Waals surface area (Å²) in [5.41, 5.74) is 1.68. The molecular formula is C16H17NO4. The number of carbonyl (C=O) groups is 3. The first-order chi connectivity index (χ1) is 10.1. The number of hydrogen-bond donors (Lipinski definition) is 1. The van der Waals surface area contributed by atoms with Crippen LogP contribution in [-0.4, -0.2) is 30.8 Å². The SMILES string of the molecule is COC(=O)CC(=O)NC1CCC(=O)C=C1c1ccccc1. The summed E-state index contributed by atoms with van der Waals surface area (Å²) in [5.74, 6) is -0.931. The molecule has 2 rings (SSSR count). The monoisotopic (exact) mass is 287 g/mol. The Balaban J connectivity index is 2.14.